The normalized spacial score (nSPS) is 19.7. The zero-order valence-electron chi connectivity index (χ0n) is 15.9. The van der Waals surface area contributed by atoms with Gasteiger partial charge in [0.25, 0.3) is 0 Å². The van der Waals surface area contributed by atoms with Crippen molar-refractivity contribution in [2.24, 2.45) is 0 Å². The zero-order valence-corrected chi connectivity index (χ0v) is 15.9. The number of alkyl halides is 3. The molecule has 29 heavy (non-hydrogen) atoms. The molecule has 0 aliphatic carbocycles. The van der Waals surface area contributed by atoms with Gasteiger partial charge in [-0.2, -0.15) is 18.2 Å². The molecule has 1 N–H and O–H groups in total. The van der Waals surface area contributed by atoms with E-state index in [-0.39, 0.29) is 6.54 Å². The first-order valence-corrected chi connectivity index (χ1v) is 9.03. The number of hydrogen-bond donors (Lipinski definition) is 1. The monoisotopic (exact) mass is 411 g/mol. The first-order valence-electron chi connectivity index (χ1n) is 9.03. The van der Waals surface area contributed by atoms with Crippen molar-refractivity contribution in [3.63, 3.8) is 0 Å². The minimum absolute atomic E-state index is 0.0980. The largest absolute Gasteiger partial charge is 0.471 e. The topological polar surface area (TPSA) is 61.4 Å². The summed E-state index contributed by atoms with van der Waals surface area (Å²) in [6.45, 7) is 0.581. The lowest BCUT2D eigenvalue weighted by molar-refractivity contribution is -0.174. The second-order valence-electron chi connectivity index (χ2n) is 7.08. The molecule has 1 saturated heterocycles. The Labute approximate surface area is 165 Å². The highest BCUT2D eigenvalue weighted by molar-refractivity contribution is 5.82. The van der Waals surface area contributed by atoms with E-state index in [4.69, 9.17) is 0 Å². The number of rotatable bonds is 4. The van der Waals surface area contributed by atoms with Crippen molar-refractivity contribution in [2.75, 3.05) is 37.0 Å². The first kappa shape index (κ1) is 20.8. The van der Waals surface area contributed by atoms with Crippen molar-refractivity contribution < 1.29 is 22.4 Å². The molecule has 1 aromatic heterocycles. The Balaban J connectivity index is 1.86. The average Bonchev–Trinajstić information content (AvgIpc) is 2.68. The quantitative estimate of drug-likeness (QED) is 0.784. The Kier molecular flexibility index (Phi) is 5.90. The molecule has 2 atom stereocenters. The van der Waals surface area contributed by atoms with Gasteiger partial charge >= 0.3 is 12.1 Å². The molecule has 0 radical (unpaired) electrons. The Hall–Kier alpha value is -2.91. The van der Waals surface area contributed by atoms with Gasteiger partial charge in [-0.05, 0) is 30.2 Å². The second-order valence-corrected chi connectivity index (χ2v) is 7.08. The Morgan fingerprint density at radius 1 is 1.21 bits per heavy atom. The number of amides is 1. The Morgan fingerprint density at radius 3 is 2.52 bits per heavy atom. The van der Waals surface area contributed by atoms with Gasteiger partial charge in [-0.3, -0.25) is 4.79 Å². The molecule has 156 valence electrons. The summed E-state index contributed by atoms with van der Waals surface area (Å²) < 4.78 is 51.8. The van der Waals surface area contributed by atoms with Crippen LogP contribution < -0.4 is 15.1 Å². The predicted octanol–water partition coefficient (Wildman–Crippen LogP) is 2.72. The Bertz CT molecular complexity index is 856. The Morgan fingerprint density at radius 2 is 1.90 bits per heavy atom. The van der Waals surface area contributed by atoms with Gasteiger partial charge in [-0.25, -0.2) is 9.37 Å². The molecule has 1 amide bonds. The van der Waals surface area contributed by atoms with Crippen LogP contribution in [-0.4, -0.2) is 55.3 Å². The van der Waals surface area contributed by atoms with Crippen molar-refractivity contribution in [1.29, 1.82) is 0 Å². The molecule has 2 aromatic rings. The number of aromatic nitrogens is 2. The fourth-order valence-corrected chi connectivity index (χ4v) is 3.38. The summed E-state index contributed by atoms with van der Waals surface area (Å²) in [7, 11) is 3.64. The van der Waals surface area contributed by atoms with Crippen molar-refractivity contribution in [2.45, 2.75) is 24.6 Å². The van der Waals surface area contributed by atoms with Crippen LogP contribution in [0.25, 0.3) is 0 Å². The van der Waals surface area contributed by atoms with E-state index in [0.29, 0.717) is 30.3 Å². The molecular formula is C19H21F4N5O. The van der Waals surface area contributed by atoms with E-state index < -0.39 is 29.9 Å². The standard InChI is InChI=1S/C19H21F4N5O/c1-27(2)16-7-9-24-18(26-16)28-10-8-14(12-3-5-13(20)6-4-12)15(11-28)25-17(29)19(21,22)23/h3-7,9,14-15H,8,10-11H2,1-2H3,(H,25,29). The van der Waals surface area contributed by atoms with Gasteiger partial charge in [0.15, 0.2) is 0 Å². The van der Waals surface area contributed by atoms with Crippen molar-refractivity contribution in [3.8, 4) is 0 Å². The van der Waals surface area contributed by atoms with Crippen molar-refractivity contribution >= 4 is 17.7 Å². The molecule has 0 spiro atoms. The van der Waals surface area contributed by atoms with Crippen molar-refractivity contribution in [1.82, 2.24) is 15.3 Å². The SMILES string of the molecule is CN(C)c1ccnc(N2CCC(c3ccc(F)cc3)C(NC(=O)C(F)(F)F)C2)n1. The third kappa shape index (κ3) is 4.93. The lowest BCUT2D eigenvalue weighted by Crippen LogP contribution is -2.54. The highest BCUT2D eigenvalue weighted by atomic mass is 19.4. The average molecular weight is 411 g/mol. The minimum atomic E-state index is -4.99. The molecule has 0 saturated carbocycles. The van der Waals surface area contributed by atoms with Crippen LogP contribution in [0.3, 0.4) is 0 Å². The lowest BCUT2D eigenvalue weighted by Gasteiger charge is -2.39. The molecule has 6 nitrogen and oxygen atoms in total. The van der Waals surface area contributed by atoms with E-state index >= 15 is 0 Å². The number of anilines is 2. The maximum absolute atomic E-state index is 13.3. The smallest absolute Gasteiger partial charge is 0.363 e. The van der Waals surface area contributed by atoms with Gasteiger partial charge in [-0.1, -0.05) is 12.1 Å². The second kappa shape index (κ2) is 8.22. The lowest BCUT2D eigenvalue weighted by atomic mass is 9.85. The maximum atomic E-state index is 13.3. The third-order valence-corrected chi connectivity index (χ3v) is 4.85. The van der Waals surface area contributed by atoms with Crippen LogP contribution in [-0.2, 0) is 4.79 Å². The fraction of sp³-hybridized carbons (Fsp3) is 0.421. The number of carbonyl (C=O) groups excluding carboxylic acids is 1. The van der Waals surface area contributed by atoms with Gasteiger partial charge < -0.3 is 15.1 Å². The van der Waals surface area contributed by atoms with E-state index in [2.05, 4.69) is 15.3 Å². The summed E-state index contributed by atoms with van der Waals surface area (Å²) in [4.78, 5) is 23.8. The summed E-state index contributed by atoms with van der Waals surface area (Å²) in [6.07, 6.45) is -2.96. The van der Waals surface area contributed by atoms with Gasteiger partial charge in [-0.15, -0.1) is 0 Å². The van der Waals surface area contributed by atoms with Crippen LogP contribution >= 0.6 is 0 Å². The summed E-state index contributed by atoms with van der Waals surface area (Å²) in [5, 5.41) is 2.09. The van der Waals surface area contributed by atoms with Crippen LogP contribution in [0.5, 0.6) is 0 Å². The molecule has 1 aromatic carbocycles. The molecule has 0 bridgehead atoms. The fourth-order valence-electron chi connectivity index (χ4n) is 3.38. The number of nitrogens with one attached hydrogen (secondary N) is 1. The van der Waals surface area contributed by atoms with Crippen LogP contribution in [0.1, 0.15) is 17.9 Å². The first-order chi connectivity index (χ1) is 13.6. The van der Waals surface area contributed by atoms with Gasteiger partial charge in [0.2, 0.25) is 5.95 Å². The van der Waals surface area contributed by atoms with Crippen LogP contribution in [0.4, 0.5) is 29.3 Å². The number of piperidine rings is 1. The summed E-state index contributed by atoms with van der Waals surface area (Å²) in [6, 6.07) is 6.46. The number of halogens is 4. The summed E-state index contributed by atoms with van der Waals surface area (Å²) in [5.74, 6) is -1.79. The minimum Gasteiger partial charge on any atom is -0.363 e. The highest BCUT2D eigenvalue weighted by Gasteiger charge is 2.42. The number of nitrogens with zero attached hydrogens (tertiary/aromatic N) is 4. The molecule has 1 aliphatic rings. The third-order valence-electron chi connectivity index (χ3n) is 4.85. The van der Waals surface area contributed by atoms with Crippen molar-refractivity contribution in [3.05, 3.63) is 47.9 Å². The van der Waals surface area contributed by atoms with Crippen LogP contribution in [0.15, 0.2) is 36.5 Å². The highest BCUT2D eigenvalue weighted by Crippen LogP contribution is 2.31. The molecule has 2 heterocycles. The van der Waals surface area contributed by atoms with Gasteiger partial charge in [0, 0.05) is 39.3 Å². The van der Waals surface area contributed by atoms with E-state index in [9.17, 15) is 22.4 Å². The number of carbonyl (C=O) groups is 1. The molecule has 1 aliphatic heterocycles. The molecule has 2 unspecified atom stereocenters. The molecule has 1 fully saturated rings. The van der Waals surface area contributed by atoms with E-state index in [1.807, 2.05) is 14.1 Å². The zero-order chi connectivity index (χ0) is 21.2. The van der Waals surface area contributed by atoms with Gasteiger partial charge in [0.1, 0.15) is 11.6 Å². The predicted molar refractivity (Wildman–Crippen MR) is 100 cm³/mol. The van der Waals surface area contributed by atoms with E-state index in [1.165, 1.54) is 24.3 Å². The van der Waals surface area contributed by atoms with Crippen LogP contribution in [0.2, 0.25) is 0 Å². The molecule has 10 heteroatoms. The molecule has 3 rings (SSSR count). The maximum Gasteiger partial charge on any atom is 0.471 e. The van der Waals surface area contributed by atoms with E-state index in [0.717, 1.165) is 0 Å². The number of benzene rings is 1. The van der Waals surface area contributed by atoms with Gasteiger partial charge in [0.05, 0.1) is 6.04 Å². The molecular weight excluding hydrogens is 390 g/mol. The number of hydrogen-bond acceptors (Lipinski definition) is 5. The summed E-state index contributed by atoms with van der Waals surface area (Å²) in [5.41, 5.74) is 0.668. The van der Waals surface area contributed by atoms with Crippen LogP contribution in [0, 0.1) is 5.82 Å². The van der Waals surface area contributed by atoms with E-state index in [1.54, 1.807) is 22.1 Å². The summed E-state index contributed by atoms with van der Waals surface area (Å²) >= 11 is 0.